The number of hydrogen-bond acceptors (Lipinski definition) is 4. The first-order chi connectivity index (χ1) is 13.2. The van der Waals surface area contributed by atoms with Gasteiger partial charge in [-0.25, -0.2) is 12.8 Å². The summed E-state index contributed by atoms with van der Waals surface area (Å²) in [5, 5.41) is 2.84. The van der Waals surface area contributed by atoms with Crippen LogP contribution in [-0.4, -0.2) is 34.2 Å². The van der Waals surface area contributed by atoms with Crippen molar-refractivity contribution in [1.29, 1.82) is 0 Å². The smallest absolute Gasteiger partial charge is 0.232 e. The van der Waals surface area contributed by atoms with Crippen LogP contribution in [0.15, 0.2) is 48.5 Å². The maximum Gasteiger partial charge on any atom is 0.232 e. The number of anilines is 1. The lowest BCUT2D eigenvalue weighted by Gasteiger charge is -2.22. The van der Waals surface area contributed by atoms with E-state index in [9.17, 15) is 17.6 Å². The molecule has 2 aromatic carbocycles. The summed E-state index contributed by atoms with van der Waals surface area (Å²) in [6, 6.07) is 12.4. The molecule has 0 aromatic heterocycles. The molecule has 2 rings (SSSR count). The fourth-order valence-corrected chi connectivity index (χ4v) is 3.73. The minimum absolute atomic E-state index is 0.174. The maximum absolute atomic E-state index is 13.0. The Labute approximate surface area is 165 Å². The first-order valence-electron chi connectivity index (χ1n) is 8.87. The van der Waals surface area contributed by atoms with Gasteiger partial charge in [0.2, 0.25) is 15.9 Å². The Bertz CT molecular complexity index is 883. The molecule has 6 nitrogen and oxygen atoms in total. The van der Waals surface area contributed by atoms with Crippen molar-refractivity contribution in [2.24, 2.45) is 0 Å². The number of nitrogens with one attached hydrogen (secondary N) is 1. The van der Waals surface area contributed by atoms with Crippen LogP contribution in [0.5, 0.6) is 5.75 Å². The molecule has 0 aliphatic heterocycles. The first-order valence-corrected chi connectivity index (χ1v) is 10.7. The molecular formula is C20H25FN2O4S. The lowest BCUT2D eigenvalue weighted by Crippen LogP contribution is -2.32. The Hall–Kier alpha value is -2.61. The van der Waals surface area contributed by atoms with Gasteiger partial charge in [-0.3, -0.25) is 9.10 Å². The fraction of sp³-hybridized carbons (Fsp3) is 0.350. The van der Waals surface area contributed by atoms with Crippen LogP contribution >= 0.6 is 0 Å². The molecule has 1 N–H and O–H groups in total. The summed E-state index contributed by atoms with van der Waals surface area (Å²) in [6.07, 6.45) is 1.67. The monoisotopic (exact) mass is 408 g/mol. The van der Waals surface area contributed by atoms with Crippen LogP contribution in [0.1, 0.15) is 31.4 Å². The van der Waals surface area contributed by atoms with Gasteiger partial charge in [-0.2, -0.15) is 0 Å². The summed E-state index contributed by atoms with van der Waals surface area (Å²) in [6.45, 7) is 1.99. The highest BCUT2D eigenvalue weighted by molar-refractivity contribution is 7.92. The minimum Gasteiger partial charge on any atom is -0.497 e. The molecular weight excluding hydrogens is 383 g/mol. The van der Waals surface area contributed by atoms with Gasteiger partial charge in [0.15, 0.2) is 0 Å². The summed E-state index contributed by atoms with van der Waals surface area (Å²) in [5.41, 5.74) is 1.31. The number of benzene rings is 2. The van der Waals surface area contributed by atoms with Crippen LogP contribution in [0.3, 0.4) is 0 Å². The number of nitrogens with zero attached hydrogens (tertiary/aromatic N) is 1. The predicted octanol–water partition coefficient (Wildman–Crippen LogP) is 3.26. The molecule has 0 saturated heterocycles. The van der Waals surface area contributed by atoms with E-state index in [0.29, 0.717) is 17.9 Å². The molecule has 1 amide bonds. The van der Waals surface area contributed by atoms with Crippen LogP contribution in [-0.2, 0) is 14.8 Å². The summed E-state index contributed by atoms with van der Waals surface area (Å²) in [7, 11) is -1.94. The molecule has 2 aromatic rings. The maximum atomic E-state index is 13.0. The second-order valence-electron chi connectivity index (χ2n) is 6.48. The van der Waals surface area contributed by atoms with Crippen molar-refractivity contribution < 1.29 is 22.3 Å². The van der Waals surface area contributed by atoms with E-state index >= 15 is 0 Å². The minimum atomic E-state index is -3.48. The van der Waals surface area contributed by atoms with E-state index in [4.69, 9.17) is 4.74 Å². The Balaban J connectivity index is 1.92. The van der Waals surface area contributed by atoms with Gasteiger partial charge >= 0.3 is 0 Å². The molecule has 0 fully saturated rings. The van der Waals surface area contributed by atoms with Crippen molar-refractivity contribution in [2.45, 2.75) is 25.8 Å². The number of halogens is 1. The van der Waals surface area contributed by atoms with Crippen molar-refractivity contribution in [1.82, 2.24) is 5.32 Å². The molecule has 0 aliphatic carbocycles. The zero-order chi connectivity index (χ0) is 20.7. The average molecular weight is 408 g/mol. The van der Waals surface area contributed by atoms with Gasteiger partial charge < -0.3 is 10.1 Å². The number of sulfonamides is 1. The number of rotatable bonds is 9. The Morgan fingerprint density at radius 1 is 1.14 bits per heavy atom. The standard InChI is InChI=1S/C20H25FN2O4S/c1-15(16-6-8-17(21)9-7-16)22-20(24)5-4-14-23(28(3,25)26)18-10-12-19(27-2)13-11-18/h6-13,15H,4-5,14H2,1-3H3,(H,22,24). The highest BCUT2D eigenvalue weighted by atomic mass is 32.2. The number of amides is 1. The van der Waals surface area contributed by atoms with Crippen LogP contribution in [0.4, 0.5) is 10.1 Å². The summed E-state index contributed by atoms with van der Waals surface area (Å²) >= 11 is 0. The van der Waals surface area contributed by atoms with E-state index in [2.05, 4.69) is 5.32 Å². The highest BCUT2D eigenvalue weighted by Crippen LogP contribution is 2.22. The molecule has 0 spiro atoms. The molecule has 152 valence electrons. The molecule has 28 heavy (non-hydrogen) atoms. The molecule has 0 bridgehead atoms. The Morgan fingerprint density at radius 2 is 1.75 bits per heavy atom. The van der Waals surface area contributed by atoms with Crippen LogP contribution in [0.25, 0.3) is 0 Å². The Morgan fingerprint density at radius 3 is 2.29 bits per heavy atom. The van der Waals surface area contributed by atoms with Crippen molar-refractivity contribution >= 4 is 21.6 Å². The average Bonchev–Trinajstić information content (AvgIpc) is 2.65. The third kappa shape index (κ3) is 6.23. The van der Waals surface area contributed by atoms with Crippen molar-refractivity contribution in [3.8, 4) is 5.75 Å². The third-order valence-electron chi connectivity index (χ3n) is 4.27. The molecule has 1 unspecified atom stereocenters. The number of carbonyl (C=O) groups is 1. The van der Waals surface area contributed by atoms with E-state index in [-0.39, 0.29) is 30.7 Å². The van der Waals surface area contributed by atoms with Gasteiger partial charge in [0.1, 0.15) is 11.6 Å². The quantitative estimate of drug-likeness (QED) is 0.691. The fourth-order valence-electron chi connectivity index (χ4n) is 2.77. The number of ether oxygens (including phenoxy) is 1. The number of carbonyl (C=O) groups excluding carboxylic acids is 1. The van der Waals surface area contributed by atoms with Crippen LogP contribution in [0.2, 0.25) is 0 Å². The molecule has 8 heteroatoms. The number of methoxy groups -OCH3 is 1. The van der Waals surface area contributed by atoms with Gasteiger partial charge in [-0.15, -0.1) is 0 Å². The second kappa shape index (κ2) is 9.54. The number of hydrogen-bond donors (Lipinski definition) is 1. The van der Waals surface area contributed by atoms with Crippen molar-refractivity contribution in [3.05, 3.63) is 59.9 Å². The van der Waals surface area contributed by atoms with E-state index in [1.807, 2.05) is 6.92 Å². The molecule has 0 saturated carbocycles. The molecule has 0 radical (unpaired) electrons. The summed E-state index contributed by atoms with van der Waals surface area (Å²) < 4.78 is 43.6. The van der Waals surface area contributed by atoms with Crippen LogP contribution in [0, 0.1) is 5.82 Å². The van der Waals surface area contributed by atoms with Crippen molar-refractivity contribution in [2.75, 3.05) is 24.2 Å². The molecule has 1 atom stereocenters. The van der Waals surface area contributed by atoms with E-state index in [1.54, 1.807) is 36.4 Å². The van der Waals surface area contributed by atoms with Gasteiger partial charge in [0.05, 0.1) is 25.1 Å². The highest BCUT2D eigenvalue weighted by Gasteiger charge is 2.18. The van der Waals surface area contributed by atoms with Crippen LogP contribution < -0.4 is 14.4 Å². The molecule has 0 heterocycles. The van der Waals surface area contributed by atoms with Crippen molar-refractivity contribution in [3.63, 3.8) is 0 Å². The largest absolute Gasteiger partial charge is 0.497 e. The van der Waals surface area contributed by atoms with Gasteiger partial charge in [0, 0.05) is 13.0 Å². The second-order valence-corrected chi connectivity index (χ2v) is 8.38. The predicted molar refractivity (Wildman–Crippen MR) is 107 cm³/mol. The SMILES string of the molecule is COc1ccc(N(CCCC(=O)NC(C)c2ccc(F)cc2)S(C)(=O)=O)cc1. The Kier molecular flexibility index (Phi) is 7.39. The summed E-state index contributed by atoms with van der Waals surface area (Å²) in [5.74, 6) is 0.105. The lowest BCUT2D eigenvalue weighted by atomic mass is 10.1. The normalized spacial score (nSPS) is 12.3. The summed E-state index contributed by atoms with van der Waals surface area (Å²) in [4.78, 5) is 12.2. The first kappa shape index (κ1) is 21.7. The van der Waals surface area contributed by atoms with E-state index < -0.39 is 10.0 Å². The topological polar surface area (TPSA) is 75.7 Å². The zero-order valence-electron chi connectivity index (χ0n) is 16.2. The molecule has 0 aliphatic rings. The van der Waals surface area contributed by atoms with E-state index in [1.165, 1.54) is 23.5 Å². The zero-order valence-corrected chi connectivity index (χ0v) is 17.0. The lowest BCUT2D eigenvalue weighted by molar-refractivity contribution is -0.121. The van der Waals surface area contributed by atoms with Gasteiger partial charge in [-0.1, -0.05) is 12.1 Å². The van der Waals surface area contributed by atoms with Gasteiger partial charge in [0.25, 0.3) is 0 Å². The third-order valence-corrected chi connectivity index (χ3v) is 5.47. The van der Waals surface area contributed by atoms with Gasteiger partial charge in [-0.05, 0) is 55.3 Å². The van der Waals surface area contributed by atoms with E-state index in [0.717, 1.165) is 11.8 Å².